The van der Waals surface area contributed by atoms with Gasteiger partial charge in [-0.05, 0) is 58.7 Å². The van der Waals surface area contributed by atoms with E-state index >= 15 is 0 Å². The number of hydrazine groups is 1. The van der Waals surface area contributed by atoms with E-state index in [4.69, 9.17) is 12.2 Å². The van der Waals surface area contributed by atoms with Crippen LogP contribution in [0.1, 0.15) is 59.3 Å². The van der Waals surface area contributed by atoms with Crippen molar-refractivity contribution in [2.45, 2.75) is 70.5 Å². The van der Waals surface area contributed by atoms with E-state index in [1.807, 2.05) is 0 Å². The minimum Gasteiger partial charge on any atom is -0.342 e. The Hall–Kier alpha value is -0.350. The van der Waals surface area contributed by atoms with Gasteiger partial charge in [0.1, 0.15) is 5.66 Å². The predicted octanol–water partition coefficient (Wildman–Crippen LogP) is 2.53. The van der Waals surface area contributed by atoms with Gasteiger partial charge < -0.3 is 5.32 Å². The maximum atomic E-state index is 5.44. The summed E-state index contributed by atoms with van der Waals surface area (Å²) in [5, 5.41) is 6.49. The van der Waals surface area contributed by atoms with Crippen LogP contribution >= 0.6 is 12.2 Å². The normalized spacial score (nSPS) is 25.7. The fraction of sp³-hybridized carbons (Fsp3) is 0.917. The van der Waals surface area contributed by atoms with E-state index in [0.29, 0.717) is 0 Å². The molecule has 1 aliphatic carbocycles. The molecule has 1 heterocycles. The van der Waals surface area contributed by atoms with Crippen molar-refractivity contribution in [2.75, 3.05) is 0 Å². The summed E-state index contributed by atoms with van der Waals surface area (Å²) in [7, 11) is 0. The van der Waals surface area contributed by atoms with Crippen LogP contribution < -0.4 is 10.7 Å². The van der Waals surface area contributed by atoms with Gasteiger partial charge >= 0.3 is 0 Å². The average Bonchev–Trinajstić information content (AvgIpc) is 2.36. The first-order chi connectivity index (χ1) is 7.43. The minimum absolute atomic E-state index is 0.0416. The van der Waals surface area contributed by atoms with Crippen molar-refractivity contribution in [3.8, 4) is 0 Å². The van der Waals surface area contributed by atoms with Gasteiger partial charge in [0.05, 0.1) is 5.54 Å². The second-order valence-electron chi connectivity index (χ2n) is 6.04. The summed E-state index contributed by atoms with van der Waals surface area (Å²) < 4.78 is 0. The second kappa shape index (κ2) is 4.15. The minimum atomic E-state index is 0.0416. The van der Waals surface area contributed by atoms with Gasteiger partial charge in [-0.3, -0.25) is 5.01 Å². The monoisotopic (exact) mass is 241 g/mol. The SMILES string of the molecule is CC(C)(C)N1NC2(CCCCCC2)NC1=S. The van der Waals surface area contributed by atoms with Gasteiger partial charge in [-0.25, -0.2) is 5.43 Å². The molecule has 2 fully saturated rings. The van der Waals surface area contributed by atoms with Crippen LogP contribution in [0.2, 0.25) is 0 Å². The molecule has 4 heteroatoms. The number of hydrogen-bond donors (Lipinski definition) is 2. The molecule has 3 nitrogen and oxygen atoms in total. The summed E-state index contributed by atoms with van der Waals surface area (Å²) in [6, 6.07) is 0. The van der Waals surface area contributed by atoms with Crippen LogP contribution in [0.25, 0.3) is 0 Å². The van der Waals surface area contributed by atoms with Crippen molar-refractivity contribution in [1.82, 2.24) is 15.8 Å². The van der Waals surface area contributed by atoms with E-state index < -0.39 is 0 Å². The summed E-state index contributed by atoms with van der Waals surface area (Å²) in [6.45, 7) is 6.55. The molecule has 1 saturated carbocycles. The topological polar surface area (TPSA) is 27.3 Å². The van der Waals surface area contributed by atoms with Crippen molar-refractivity contribution in [1.29, 1.82) is 0 Å². The first-order valence-corrected chi connectivity index (χ1v) is 6.74. The molecule has 1 spiro atoms. The van der Waals surface area contributed by atoms with Crippen LogP contribution in [0, 0.1) is 0 Å². The van der Waals surface area contributed by atoms with Crippen molar-refractivity contribution < 1.29 is 0 Å². The number of rotatable bonds is 0. The number of thiocarbonyl (C=S) groups is 1. The third-order valence-electron chi connectivity index (χ3n) is 3.50. The molecule has 2 N–H and O–H groups in total. The molecule has 2 rings (SSSR count). The van der Waals surface area contributed by atoms with Gasteiger partial charge in [-0.2, -0.15) is 0 Å². The Morgan fingerprint density at radius 1 is 1.12 bits per heavy atom. The van der Waals surface area contributed by atoms with E-state index in [0.717, 1.165) is 5.11 Å². The van der Waals surface area contributed by atoms with Crippen LogP contribution in [0.3, 0.4) is 0 Å². The zero-order valence-electron chi connectivity index (χ0n) is 10.6. The highest BCUT2D eigenvalue weighted by Crippen LogP contribution is 2.30. The summed E-state index contributed by atoms with van der Waals surface area (Å²) in [6.07, 6.45) is 7.65. The van der Waals surface area contributed by atoms with E-state index in [1.54, 1.807) is 0 Å². The van der Waals surface area contributed by atoms with Crippen molar-refractivity contribution >= 4 is 17.3 Å². The van der Waals surface area contributed by atoms with Crippen LogP contribution in [0.4, 0.5) is 0 Å². The third kappa shape index (κ3) is 2.33. The van der Waals surface area contributed by atoms with Gasteiger partial charge in [0.25, 0.3) is 0 Å². The Bertz CT molecular complexity index is 274. The lowest BCUT2D eigenvalue weighted by Gasteiger charge is -2.35. The molecule has 0 unspecified atom stereocenters. The highest BCUT2D eigenvalue weighted by molar-refractivity contribution is 7.80. The summed E-state index contributed by atoms with van der Waals surface area (Å²) in [5.41, 5.74) is 3.70. The van der Waals surface area contributed by atoms with Gasteiger partial charge in [0.15, 0.2) is 5.11 Å². The molecule has 1 saturated heterocycles. The van der Waals surface area contributed by atoms with Crippen LogP contribution in [-0.4, -0.2) is 21.3 Å². The number of nitrogens with zero attached hydrogens (tertiary/aromatic N) is 1. The standard InChI is InChI=1S/C12H23N3S/c1-11(2,3)15-10(16)13-12(14-15)8-6-4-5-7-9-12/h14H,4-9H2,1-3H3,(H,13,16). The molecule has 16 heavy (non-hydrogen) atoms. The van der Waals surface area contributed by atoms with Crippen molar-refractivity contribution in [2.24, 2.45) is 0 Å². The highest BCUT2D eigenvalue weighted by Gasteiger charge is 2.43. The molecule has 2 aliphatic rings. The van der Waals surface area contributed by atoms with Gasteiger partial charge in [-0.1, -0.05) is 12.8 Å². The van der Waals surface area contributed by atoms with Gasteiger partial charge in [0, 0.05) is 0 Å². The molecule has 0 amide bonds. The fourth-order valence-electron chi connectivity index (χ4n) is 2.59. The predicted molar refractivity (Wildman–Crippen MR) is 70.9 cm³/mol. The molecule has 0 aromatic carbocycles. The molecule has 0 aromatic heterocycles. The first kappa shape index (κ1) is 12.1. The molecular weight excluding hydrogens is 218 g/mol. The van der Waals surface area contributed by atoms with Gasteiger partial charge in [-0.15, -0.1) is 0 Å². The number of nitrogens with one attached hydrogen (secondary N) is 2. The molecule has 92 valence electrons. The van der Waals surface area contributed by atoms with Crippen LogP contribution in [0.15, 0.2) is 0 Å². The third-order valence-corrected chi connectivity index (χ3v) is 3.79. The van der Waals surface area contributed by atoms with E-state index in [2.05, 4.69) is 36.5 Å². The Labute approximate surface area is 104 Å². The Morgan fingerprint density at radius 3 is 2.12 bits per heavy atom. The summed E-state index contributed by atoms with van der Waals surface area (Å²) in [5.74, 6) is 0. The molecule has 0 radical (unpaired) electrons. The Balaban J connectivity index is 2.12. The lowest BCUT2D eigenvalue weighted by atomic mass is 10.0. The average molecular weight is 241 g/mol. The van der Waals surface area contributed by atoms with Crippen molar-refractivity contribution in [3.05, 3.63) is 0 Å². The zero-order valence-corrected chi connectivity index (χ0v) is 11.4. The smallest absolute Gasteiger partial charge is 0.185 e. The van der Waals surface area contributed by atoms with E-state index in [-0.39, 0.29) is 11.2 Å². The van der Waals surface area contributed by atoms with Crippen LogP contribution in [-0.2, 0) is 0 Å². The van der Waals surface area contributed by atoms with E-state index in [9.17, 15) is 0 Å². The second-order valence-corrected chi connectivity index (χ2v) is 6.43. The Kier molecular flexibility index (Phi) is 3.14. The van der Waals surface area contributed by atoms with E-state index in [1.165, 1.54) is 38.5 Å². The molecule has 0 bridgehead atoms. The Morgan fingerprint density at radius 2 is 1.69 bits per heavy atom. The number of hydrogen-bond acceptors (Lipinski definition) is 2. The summed E-state index contributed by atoms with van der Waals surface area (Å²) in [4.78, 5) is 0. The summed E-state index contributed by atoms with van der Waals surface area (Å²) >= 11 is 5.44. The largest absolute Gasteiger partial charge is 0.342 e. The molecule has 0 atom stereocenters. The fourth-order valence-corrected chi connectivity index (χ4v) is 3.11. The lowest BCUT2D eigenvalue weighted by Crippen LogP contribution is -2.54. The zero-order chi connectivity index (χ0) is 11.8. The first-order valence-electron chi connectivity index (χ1n) is 6.33. The lowest BCUT2D eigenvalue weighted by molar-refractivity contribution is 0.120. The maximum absolute atomic E-state index is 5.44. The van der Waals surface area contributed by atoms with Crippen molar-refractivity contribution in [3.63, 3.8) is 0 Å². The highest BCUT2D eigenvalue weighted by atomic mass is 32.1. The van der Waals surface area contributed by atoms with Crippen LogP contribution in [0.5, 0.6) is 0 Å². The molecule has 1 aliphatic heterocycles. The quantitative estimate of drug-likeness (QED) is 0.637. The van der Waals surface area contributed by atoms with Gasteiger partial charge in [0.2, 0.25) is 0 Å². The maximum Gasteiger partial charge on any atom is 0.185 e. The molecule has 0 aromatic rings. The molecular formula is C12H23N3S.